The minimum atomic E-state index is -0.602. The van der Waals surface area contributed by atoms with E-state index in [1.807, 2.05) is 0 Å². The van der Waals surface area contributed by atoms with Crippen LogP contribution in [0.3, 0.4) is 0 Å². The van der Waals surface area contributed by atoms with Crippen LogP contribution in [-0.4, -0.2) is 9.55 Å². The Morgan fingerprint density at radius 1 is 1.64 bits per heavy atom. The summed E-state index contributed by atoms with van der Waals surface area (Å²) < 4.78 is 1.28. The highest BCUT2D eigenvalue weighted by molar-refractivity contribution is 4.84. The highest BCUT2D eigenvalue weighted by Gasteiger charge is 1.94. The van der Waals surface area contributed by atoms with Crippen LogP contribution in [0.4, 0.5) is 0 Å². The van der Waals surface area contributed by atoms with Gasteiger partial charge in [-0.3, -0.25) is 9.59 Å². The van der Waals surface area contributed by atoms with E-state index < -0.39 is 11.1 Å². The summed E-state index contributed by atoms with van der Waals surface area (Å²) in [6.45, 7) is 3.82. The average molecular weight is 152 g/mol. The highest BCUT2D eigenvalue weighted by atomic mass is 16.2. The van der Waals surface area contributed by atoms with E-state index in [2.05, 4.69) is 11.6 Å². The van der Waals surface area contributed by atoms with E-state index in [1.165, 1.54) is 17.0 Å². The summed E-state index contributed by atoms with van der Waals surface area (Å²) >= 11 is 0. The lowest BCUT2D eigenvalue weighted by Gasteiger charge is -1.96. The van der Waals surface area contributed by atoms with Gasteiger partial charge in [0.2, 0.25) is 0 Å². The average Bonchev–Trinajstić information content (AvgIpc) is 1.99. The van der Waals surface area contributed by atoms with Gasteiger partial charge in [-0.1, -0.05) is 6.08 Å². The van der Waals surface area contributed by atoms with Crippen molar-refractivity contribution in [2.24, 2.45) is 0 Å². The summed E-state index contributed by atoms with van der Waals surface area (Å²) in [7, 11) is 0. The molecule has 0 fully saturated rings. The maximum atomic E-state index is 10.9. The second-order valence-corrected chi connectivity index (χ2v) is 2.04. The van der Waals surface area contributed by atoms with Crippen molar-refractivity contribution in [3.63, 3.8) is 0 Å². The largest absolute Gasteiger partial charge is 0.323 e. The van der Waals surface area contributed by atoms with Gasteiger partial charge in [-0.25, -0.2) is 0 Å². The standard InChI is InChI=1S/C7H8N2O2/c1-2-4-9-5-3-8-6(10)7(9)11/h2-3,5H,1,4H2,(H,8,10). The molecule has 1 aromatic rings. The molecule has 0 aromatic carbocycles. The van der Waals surface area contributed by atoms with Gasteiger partial charge in [0.1, 0.15) is 0 Å². The molecule has 4 nitrogen and oxygen atoms in total. The van der Waals surface area contributed by atoms with Gasteiger partial charge in [0.05, 0.1) is 0 Å². The Morgan fingerprint density at radius 3 is 3.00 bits per heavy atom. The van der Waals surface area contributed by atoms with Crippen LogP contribution in [0.15, 0.2) is 34.6 Å². The molecule has 0 aliphatic carbocycles. The molecule has 1 rings (SSSR count). The van der Waals surface area contributed by atoms with Crippen molar-refractivity contribution in [2.45, 2.75) is 6.54 Å². The third kappa shape index (κ3) is 1.46. The second kappa shape index (κ2) is 3.01. The molecule has 0 aliphatic heterocycles. The number of aromatic amines is 1. The zero-order valence-corrected chi connectivity index (χ0v) is 5.91. The number of hydrogen-bond donors (Lipinski definition) is 1. The fourth-order valence-electron chi connectivity index (χ4n) is 0.746. The van der Waals surface area contributed by atoms with Crippen LogP contribution in [0.2, 0.25) is 0 Å². The Kier molecular flexibility index (Phi) is 2.06. The summed E-state index contributed by atoms with van der Waals surface area (Å²) in [6.07, 6.45) is 4.49. The molecule has 0 bridgehead atoms. The van der Waals surface area contributed by atoms with E-state index >= 15 is 0 Å². The van der Waals surface area contributed by atoms with Crippen LogP contribution in [0.1, 0.15) is 0 Å². The molecule has 1 N–H and O–H groups in total. The van der Waals surface area contributed by atoms with Gasteiger partial charge in [0.15, 0.2) is 0 Å². The van der Waals surface area contributed by atoms with E-state index in [4.69, 9.17) is 0 Å². The maximum absolute atomic E-state index is 10.9. The second-order valence-electron chi connectivity index (χ2n) is 2.04. The van der Waals surface area contributed by atoms with Crippen molar-refractivity contribution in [3.8, 4) is 0 Å². The number of H-pyrrole nitrogens is 1. The molecule has 58 valence electrons. The molecule has 0 saturated carbocycles. The summed E-state index contributed by atoms with van der Waals surface area (Å²) in [5, 5.41) is 0. The molecule has 0 amide bonds. The van der Waals surface area contributed by atoms with Gasteiger partial charge >= 0.3 is 11.1 Å². The number of nitrogens with zero attached hydrogens (tertiary/aromatic N) is 1. The van der Waals surface area contributed by atoms with Gasteiger partial charge < -0.3 is 9.55 Å². The minimum absolute atomic E-state index is 0.364. The molecule has 0 spiro atoms. The fraction of sp³-hybridized carbons (Fsp3) is 0.143. The Morgan fingerprint density at radius 2 is 2.36 bits per heavy atom. The quantitative estimate of drug-likeness (QED) is 0.468. The molecule has 0 unspecified atom stereocenters. The first-order chi connectivity index (χ1) is 5.25. The van der Waals surface area contributed by atoms with E-state index in [0.29, 0.717) is 6.54 Å². The SMILES string of the molecule is C=CCn1cc[nH]c(=O)c1=O. The molecule has 0 aliphatic rings. The van der Waals surface area contributed by atoms with Crippen molar-refractivity contribution in [3.05, 3.63) is 45.8 Å². The molecule has 0 atom stereocenters. The molecular formula is C7H8N2O2. The van der Waals surface area contributed by atoms with Crippen LogP contribution in [0.5, 0.6) is 0 Å². The van der Waals surface area contributed by atoms with E-state index in [-0.39, 0.29) is 0 Å². The van der Waals surface area contributed by atoms with Gasteiger partial charge in [0.25, 0.3) is 0 Å². The third-order valence-electron chi connectivity index (χ3n) is 1.25. The summed E-state index contributed by atoms with van der Waals surface area (Å²) in [6, 6.07) is 0. The van der Waals surface area contributed by atoms with Gasteiger partial charge in [-0.15, -0.1) is 6.58 Å². The minimum Gasteiger partial charge on any atom is -0.323 e. The van der Waals surface area contributed by atoms with E-state index in [0.717, 1.165) is 0 Å². The van der Waals surface area contributed by atoms with Crippen LogP contribution in [-0.2, 0) is 6.54 Å². The van der Waals surface area contributed by atoms with Crippen molar-refractivity contribution >= 4 is 0 Å². The lowest BCUT2D eigenvalue weighted by Crippen LogP contribution is -2.34. The zero-order chi connectivity index (χ0) is 8.27. The normalized spacial score (nSPS) is 9.45. The molecule has 1 aromatic heterocycles. The van der Waals surface area contributed by atoms with Crippen LogP contribution >= 0.6 is 0 Å². The number of rotatable bonds is 2. The number of allylic oxidation sites excluding steroid dienone is 1. The monoisotopic (exact) mass is 152 g/mol. The Hall–Kier alpha value is -1.58. The first kappa shape index (κ1) is 7.53. The van der Waals surface area contributed by atoms with Crippen LogP contribution < -0.4 is 11.1 Å². The predicted octanol–water partition coefficient (Wildman–Crippen LogP) is -0.277. The zero-order valence-electron chi connectivity index (χ0n) is 5.91. The number of hydrogen-bond acceptors (Lipinski definition) is 2. The van der Waals surface area contributed by atoms with Crippen LogP contribution in [0, 0.1) is 0 Å². The molecule has 0 radical (unpaired) electrons. The molecule has 11 heavy (non-hydrogen) atoms. The molecule has 0 saturated heterocycles. The summed E-state index contributed by atoms with van der Waals surface area (Å²) in [5.74, 6) is 0. The van der Waals surface area contributed by atoms with Gasteiger partial charge in [-0.05, 0) is 0 Å². The Labute approximate surface area is 62.8 Å². The molecule has 4 heteroatoms. The Bertz CT molecular complexity index is 361. The number of nitrogens with one attached hydrogen (secondary N) is 1. The molecule has 1 heterocycles. The number of aromatic nitrogens is 2. The van der Waals surface area contributed by atoms with Crippen molar-refractivity contribution in [1.82, 2.24) is 9.55 Å². The van der Waals surface area contributed by atoms with E-state index in [1.54, 1.807) is 6.08 Å². The van der Waals surface area contributed by atoms with E-state index in [9.17, 15) is 9.59 Å². The smallest absolute Gasteiger partial charge is 0.316 e. The Balaban J connectivity index is 3.28. The van der Waals surface area contributed by atoms with Crippen molar-refractivity contribution in [1.29, 1.82) is 0 Å². The van der Waals surface area contributed by atoms with Crippen molar-refractivity contribution in [2.75, 3.05) is 0 Å². The highest BCUT2D eigenvalue weighted by Crippen LogP contribution is 1.75. The maximum Gasteiger partial charge on any atom is 0.316 e. The van der Waals surface area contributed by atoms with Crippen LogP contribution in [0.25, 0.3) is 0 Å². The molecular weight excluding hydrogens is 144 g/mol. The topological polar surface area (TPSA) is 54.9 Å². The predicted molar refractivity (Wildman–Crippen MR) is 41.5 cm³/mol. The summed E-state index contributed by atoms with van der Waals surface area (Å²) in [4.78, 5) is 23.9. The van der Waals surface area contributed by atoms with Gasteiger partial charge in [-0.2, -0.15) is 0 Å². The first-order valence-electron chi connectivity index (χ1n) is 3.14. The first-order valence-corrected chi connectivity index (χ1v) is 3.14. The lowest BCUT2D eigenvalue weighted by molar-refractivity contribution is 0.755. The third-order valence-corrected chi connectivity index (χ3v) is 1.25. The van der Waals surface area contributed by atoms with Gasteiger partial charge in [0, 0.05) is 18.9 Å². The summed E-state index contributed by atoms with van der Waals surface area (Å²) in [5.41, 5.74) is -1.15. The fourth-order valence-corrected chi connectivity index (χ4v) is 0.746. The lowest BCUT2D eigenvalue weighted by atomic mass is 10.5. The van der Waals surface area contributed by atoms with Crippen molar-refractivity contribution < 1.29 is 0 Å².